The lowest BCUT2D eigenvalue weighted by Gasteiger charge is -2.17. The number of nitrogens with zero attached hydrogens (tertiary/aromatic N) is 3. The van der Waals surface area contributed by atoms with Crippen LogP contribution in [0, 0.1) is 6.92 Å². The van der Waals surface area contributed by atoms with E-state index < -0.39 is 0 Å². The highest BCUT2D eigenvalue weighted by molar-refractivity contribution is 5.73. The molecule has 0 saturated heterocycles. The molecule has 1 N–H and O–H groups in total. The lowest BCUT2D eigenvalue weighted by Crippen LogP contribution is -2.04. The van der Waals surface area contributed by atoms with Crippen molar-refractivity contribution < 1.29 is 5.11 Å². The Bertz CT molecular complexity index is 974. The van der Waals surface area contributed by atoms with Crippen LogP contribution in [0.3, 0.4) is 0 Å². The third kappa shape index (κ3) is 7.18. The fourth-order valence-corrected chi connectivity index (χ4v) is 4.62. The summed E-state index contributed by atoms with van der Waals surface area (Å²) in [5.74, 6) is 0.390. The number of hydrogen-bond donors (Lipinski definition) is 1. The molecule has 1 atom stereocenters. The third-order valence-corrected chi connectivity index (χ3v) is 6.57. The number of rotatable bonds is 15. The highest BCUT2D eigenvalue weighted by Gasteiger charge is 2.18. The Morgan fingerprint density at radius 2 is 1.42 bits per heavy atom. The maximum Gasteiger partial charge on any atom is 0.146 e. The Labute approximate surface area is 199 Å². The van der Waals surface area contributed by atoms with Gasteiger partial charge in [-0.25, -0.2) is 0 Å². The van der Waals surface area contributed by atoms with E-state index in [0.717, 1.165) is 35.0 Å². The standard InChI is InChI=1S/C29H41N3O/c1-4-6-7-8-9-10-11-12-13-14-15-18-24(5-2)25-21-23(3)22-28(29(25)33)32-30-26-19-16-17-20-27(26)31-32/h5,16-17,19-22,24,33H,2,4,6-15,18H2,1,3H3. The second-order valence-corrected chi connectivity index (χ2v) is 9.37. The molecule has 33 heavy (non-hydrogen) atoms. The van der Waals surface area contributed by atoms with Crippen molar-refractivity contribution in [3.05, 3.63) is 60.2 Å². The minimum absolute atomic E-state index is 0.132. The maximum absolute atomic E-state index is 11.1. The molecule has 178 valence electrons. The van der Waals surface area contributed by atoms with Gasteiger partial charge in [-0.15, -0.1) is 21.6 Å². The summed E-state index contributed by atoms with van der Waals surface area (Å²) in [4.78, 5) is 1.55. The van der Waals surface area contributed by atoms with E-state index in [1.165, 1.54) is 64.2 Å². The molecule has 0 spiro atoms. The normalized spacial score (nSPS) is 12.3. The van der Waals surface area contributed by atoms with Crippen LogP contribution in [0.25, 0.3) is 16.7 Å². The van der Waals surface area contributed by atoms with E-state index >= 15 is 0 Å². The van der Waals surface area contributed by atoms with Crippen LogP contribution in [-0.2, 0) is 0 Å². The lowest BCUT2D eigenvalue weighted by atomic mass is 9.90. The van der Waals surface area contributed by atoms with Crippen molar-refractivity contribution in [2.75, 3.05) is 0 Å². The van der Waals surface area contributed by atoms with Crippen molar-refractivity contribution in [3.63, 3.8) is 0 Å². The van der Waals surface area contributed by atoms with Gasteiger partial charge in [0.25, 0.3) is 0 Å². The van der Waals surface area contributed by atoms with E-state index in [2.05, 4.69) is 36.7 Å². The Kier molecular flexibility index (Phi) is 9.99. The molecule has 0 aliphatic carbocycles. The van der Waals surface area contributed by atoms with Crippen molar-refractivity contribution in [2.45, 2.75) is 96.8 Å². The predicted octanol–water partition coefficient (Wildman–Crippen LogP) is 8.41. The van der Waals surface area contributed by atoms with Crippen molar-refractivity contribution in [3.8, 4) is 11.4 Å². The van der Waals surface area contributed by atoms with Crippen LogP contribution in [0.4, 0.5) is 0 Å². The molecule has 0 fully saturated rings. The minimum atomic E-state index is 0.132. The second-order valence-electron chi connectivity index (χ2n) is 9.37. The Hall–Kier alpha value is -2.62. The first-order valence-corrected chi connectivity index (χ1v) is 12.9. The summed E-state index contributed by atoms with van der Waals surface area (Å²) in [5.41, 5.74) is 4.28. The van der Waals surface area contributed by atoms with E-state index in [9.17, 15) is 5.11 Å². The first kappa shape index (κ1) is 25.0. The van der Waals surface area contributed by atoms with Gasteiger partial charge >= 0.3 is 0 Å². The monoisotopic (exact) mass is 447 g/mol. The molecule has 0 aliphatic rings. The smallest absolute Gasteiger partial charge is 0.146 e. The lowest BCUT2D eigenvalue weighted by molar-refractivity contribution is 0.454. The van der Waals surface area contributed by atoms with Crippen LogP contribution in [0.15, 0.2) is 49.1 Å². The van der Waals surface area contributed by atoms with Crippen LogP contribution < -0.4 is 0 Å². The van der Waals surface area contributed by atoms with E-state index in [1.54, 1.807) is 4.80 Å². The fraction of sp³-hybridized carbons (Fsp3) is 0.517. The molecule has 2 aromatic carbocycles. The number of benzene rings is 2. The molecular weight excluding hydrogens is 406 g/mol. The van der Waals surface area contributed by atoms with Crippen LogP contribution in [0.2, 0.25) is 0 Å². The summed E-state index contributed by atoms with van der Waals surface area (Å²) in [6.07, 6.45) is 17.7. The van der Waals surface area contributed by atoms with Crippen LogP contribution in [0.5, 0.6) is 5.75 Å². The number of aromatic hydroxyl groups is 1. The van der Waals surface area contributed by atoms with Gasteiger partial charge in [0.2, 0.25) is 0 Å². The van der Waals surface area contributed by atoms with Gasteiger partial charge in [-0.2, -0.15) is 0 Å². The molecule has 0 amide bonds. The van der Waals surface area contributed by atoms with Gasteiger partial charge in [0.05, 0.1) is 0 Å². The van der Waals surface area contributed by atoms with Gasteiger partial charge in [0, 0.05) is 11.5 Å². The average molecular weight is 448 g/mol. The minimum Gasteiger partial charge on any atom is -0.505 e. The van der Waals surface area contributed by atoms with E-state index in [4.69, 9.17) is 0 Å². The van der Waals surface area contributed by atoms with Gasteiger partial charge in [0.15, 0.2) is 0 Å². The number of allylic oxidation sites excluding steroid dienone is 1. The van der Waals surface area contributed by atoms with Gasteiger partial charge < -0.3 is 5.11 Å². The van der Waals surface area contributed by atoms with E-state index in [-0.39, 0.29) is 11.7 Å². The molecule has 0 radical (unpaired) electrons. The maximum atomic E-state index is 11.1. The summed E-state index contributed by atoms with van der Waals surface area (Å²) in [7, 11) is 0. The third-order valence-electron chi connectivity index (χ3n) is 6.57. The zero-order chi connectivity index (χ0) is 23.5. The fourth-order valence-electron chi connectivity index (χ4n) is 4.62. The van der Waals surface area contributed by atoms with Gasteiger partial charge in [-0.3, -0.25) is 0 Å². The van der Waals surface area contributed by atoms with Crippen molar-refractivity contribution >= 4 is 11.0 Å². The SMILES string of the molecule is C=CC(CCCCCCCCCCCCC)c1cc(C)cc(-n2nc3ccccc3n2)c1O. The van der Waals surface area contributed by atoms with Crippen LogP contribution in [-0.4, -0.2) is 20.1 Å². The molecule has 1 heterocycles. The number of aryl methyl sites for hydroxylation is 1. The summed E-state index contributed by atoms with van der Waals surface area (Å²) in [5, 5.41) is 20.2. The Balaban J connectivity index is 1.53. The Morgan fingerprint density at radius 3 is 1.97 bits per heavy atom. The number of aromatic nitrogens is 3. The molecule has 3 aromatic rings. The number of hydrogen-bond acceptors (Lipinski definition) is 3. The molecule has 3 rings (SSSR count). The largest absolute Gasteiger partial charge is 0.505 e. The number of fused-ring (bicyclic) bond motifs is 1. The van der Waals surface area contributed by atoms with E-state index in [0.29, 0.717) is 5.69 Å². The molecule has 0 saturated carbocycles. The van der Waals surface area contributed by atoms with Gasteiger partial charge in [0.1, 0.15) is 22.5 Å². The zero-order valence-electron chi connectivity index (χ0n) is 20.6. The number of phenols is 1. The Morgan fingerprint density at radius 1 is 0.879 bits per heavy atom. The number of phenolic OH excluding ortho intramolecular Hbond substituents is 1. The van der Waals surface area contributed by atoms with Crippen LogP contribution in [0.1, 0.15) is 101 Å². The summed E-state index contributed by atoms with van der Waals surface area (Å²) in [6, 6.07) is 11.8. The molecule has 1 unspecified atom stereocenters. The van der Waals surface area contributed by atoms with Crippen molar-refractivity contribution in [2.24, 2.45) is 0 Å². The molecular formula is C29H41N3O. The highest BCUT2D eigenvalue weighted by Crippen LogP contribution is 2.36. The average Bonchev–Trinajstić information content (AvgIpc) is 3.25. The van der Waals surface area contributed by atoms with Gasteiger partial charge in [-0.1, -0.05) is 102 Å². The summed E-state index contributed by atoms with van der Waals surface area (Å²) in [6.45, 7) is 8.39. The molecule has 4 nitrogen and oxygen atoms in total. The zero-order valence-corrected chi connectivity index (χ0v) is 20.6. The van der Waals surface area contributed by atoms with E-state index in [1.807, 2.05) is 36.4 Å². The number of unbranched alkanes of at least 4 members (excludes halogenated alkanes) is 10. The second kappa shape index (κ2) is 13.2. The summed E-state index contributed by atoms with van der Waals surface area (Å²) >= 11 is 0. The molecule has 0 aliphatic heterocycles. The van der Waals surface area contributed by atoms with Crippen LogP contribution >= 0.6 is 0 Å². The van der Waals surface area contributed by atoms with Crippen molar-refractivity contribution in [1.82, 2.24) is 15.0 Å². The first-order chi connectivity index (χ1) is 16.1. The highest BCUT2D eigenvalue weighted by atomic mass is 16.3. The topological polar surface area (TPSA) is 50.9 Å². The summed E-state index contributed by atoms with van der Waals surface area (Å²) < 4.78 is 0. The first-order valence-electron chi connectivity index (χ1n) is 12.9. The van der Waals surface area contributed by atoms with Crippen molar-refractivity contribution in [1.29, 1.82) is 0 Å². The molecule has 1 aromatic heterocycles. The quantitative estimate of drug-likeness (QED) is 0.188. The molecule has 0 bridgehead atoms. The predicted molar refractivity (Wildman–Crippen MR) is 139 cm³/mol. The van der Waals surface area contributed by atoms with Gasteiger partial charge in [-0.05, 0) is 37.1 Å². The molecule has 4 heteroatoms.